The molecule has 0 saturated heterocycles. The first kappa shape index (κ1) is 15.2. The minimum absolute atomic E-state index is 0.301. The Morgan fingerprint density at radius 1 is 1.14 bits per heavy atom. The van der Waals surface area contributed by atoms with Gasteiger partial charge < -0.3 is 5.11 Å². The first-order chi connectivity index (χ1) is 6.74. The van der Waals surface area contributed by atoms with Crippen molar-refractivity contribution in [1.29, 1.82) is 0 Å². The molecule has 0 heterocycles. The van der Waals surface area contributed by atoms with Gasteiger partial charge in [-0.05, 0) is 18.6 Å². The summed E-state index contributed by atoms with van der Waals surface area (Å²) in [5.74, 6) is 0.301. The second kappa shape index (κ2) is 9.85. The summed E-state index contributed by atoms with van der Waals surface area (Å²) in [4.78, 5) is 0. The van der Waals surface area contributed by atoms with E-state index in [0.717, 1.165) is 11.1 Å². The van der Waals surface area contributed by atoms with Crippen LogP contribution in [0.4, 0.5) is 0 Å². The molecular formula is C13H22O. The lowest BCUT2D eigenvalue weighted by atomic mass is 10.1. The SMILES string of the molecule is C=Cc1ccc(C)cc1O.CC.CC. The summed E-state index contributed by atoms with van der Waals surface area (Å²) in [6.45, 7) is 13.5. The smallest absolute Gasteiger partial charge is 0.123 e. The molecule has 1 aromatic carbocycles. The molecule has 80 valence electrons. The van der Waals surface area contributed by atoms with Crippen LogP contribution in [0.3, 0.4) is 0 Å². The van der Waals surface area contributed by atoms with Crippen molar-refractivity contribution in [2.24, 2.45) is 0 Å². The van der Waals surface area contributed by atoms with Crippen molar-refractivity contribution in [1.82, 2.24) is 0 Å². The standard InChI is InChI=1S/C9H10O.2C2H6/c1-3-8-5-4-7(2)6-9(8)10;2*1-2/h3-6,10H,1H2,2H3;2*1-2H3. The third-order valence-electron chi connectivity index (χ3n) is 1.41. The first-order valence-corrected chi connectivity index (χ1v) is 5.16. The molecule has 0 amide bonds. The van der Waals surface area contributed by atoms with Crippen LogP contribution in [0.2, 0.25) is 0 Å². The number of hydrogen-bond acceptors (Lipinski definition) is 1. The number of benzene rings is 1. The van der Waals surface area contributed by atoms with Crippen LogP contribution in [-0.2, 0) is 0 Å². The number of phenols is 1. The van der Waals surface area contributed by atoms with Gasteiger partial charge in [-0.15, -0.1) is 0 Å². The maximum atomic E-state index is 9.22. The lowest BCUT2D eigenvalue weighted by Gasteiger charge is -1.98. The molecule has 0 saturated carbocycles. The van der Waals surface area contributed by atoms with Crippen molar-refractivity contribution in [3.05, 3.63) is 35.9 Å². The Kier molecular flexibility index (Phi) is 10.7. The molecule has 0 unspecified atom stereocenters. The van der Waals surface area contributed by atoms with Crippen molar-refractivity contribution in [2.45, 2.75) is 34.6 Å². The molecule has 0 radical (unpaired) electrons. The third-order valence-corrected chi connectivity index (χ3v) is 1.41. The molecule has 0 bridgehead atoms. The van der Waals surface area contributed by atoms with Gasteiger partial charge in [-0.25, -0.2) is 0 Å². The highest BCUT2D eigenvalue weighted by Gasteiger charge is 1.94. The highest BCUT2D eigenvalue weighted by Crippen LogP contribution is 2.18. The predicted molar refractivity (Wildman–Crippen MR) is 65.6 cm³/mol. The van der Waals surface area contributed by atoms with Gasteiger partial charge in [0.15, 0.2) is 0 Å². The average molecular weight is 194 g/mol. The van der Waals surface area contributed by atoms with E-state index in [9.17, 15) is 5.11 Å². The quantitative estimate of drug-likeness (QED) is 0.702. The average Bonchev–Trinajstić information content (AvgIpc) is 2.24. The van der Waals surface area contributed by atoms with Gasteiger partial charge in [-0.1, -0.05) is 52.5 Å². The highest BCUT2D eigenvalue weighted by molar-refractivity contribution is 5.55. The molecule has 14 heavy (non-hydrogen) atoms. The van der Waals surface area contributed by atoms with Gasteiger partial charge in [-0.2, -0.15) is 0 Å². The lowest BCUT2D eigenvalue weighted by molar-refractivity contribution is 0.473. The lowest BCUT2D eigenvalue weighted by Crippen LogP contribution is -1.75. The Labute approximate surface area is 88.1 Å². The maximum Gasteiger partial charge on any atom is 0.123 e. The first-order valence-electron chi connectivity index (χ1n) is 5.16. The van der Waals surface area contributed by atoms with Crippen LogP contribution in [0.15, 0.2) is 24.8 Å². The number of hydrogen-bond donors (Lipinski definition) is 1. The minimum atomic E-state index is 0.301. The van der Waals surface area contributed by atoms with E-state index in [4.69, 9.17) is 0 Å². The van der Waals surface area contributed by atoms with Crippen LogP contribution in [0.5, 0.6) is 5.75 Å². The van der Waals surface area contributed by atoms with Gasteiger partial charge in [-0.3, -0.25) is 0 Å². The van der Waals surface area contributed by atoms with E-state index in [1.165, 1.54) is 0 Å². The fourth-order valence-corrected chi connectivity index (χ4v) is 0.826. The summed E-state index contributed by atoms with van der Waals surface area (Å²) >= 11 is 0. The fourth-order valence-electron chi connectivity index (χ4n) is 0.826. The monoisotopic (exact) mass is 194 g/mol. The molecule has 0 atom stereocenters. The normalized spacial score (nSPS) is 7.50. The van der Waals surface area contributed by atoms with Gasteiger partial charge in [0.05, 0.1) is 0 Å². The van der Waals surface area contributed by atoms with Gasteiger partial charge in [0.25, 0.3) is 0 Å². The van der Waals surface area contributed by atoms with Crippen LogP contribution in [0, 0.1) is 6.92 Å². The predicted octanol–water partition coefficient (Wildman–Crippen LogP) is 4.40. The maximum absolute atomic E-state index is 9.22. The van der Waals surface area contributed by atoms with E-state index in [0.29, 0.717) is 5.75 Å². The molecule has 1 N–H and O–H groups in total. The number of phenolic OH excluding ortho intramolecular Hbond substituents is 1. The van der Waals surface area contributed by atoms with Crippen LogP contribution in [0.25, 0.3) is 6.08 Å². The molecule has 1 aromatic rings. The number of aryl methyl sites for hydroxylation is 1. The fraction of sp³-hybridized carbons (Fsp3) is 0.385. The topological polar surface area (TPSA) is 20.2 Å². The highest BCUT2D eigenvalue weighted by atomic mass is 16.3. The second-order valence-corrected chi connectivity index (χ2v) is 2.27. The van der Waals surface area contributed by atoms with Crippen molar-refractivity contribution >= 4 is 6.08 Å². The molecule has 0 aromatic heterocycles. The van der Waals surface area contributed by atoms with E-state index in [-0.39, 0.29) is 0 Å². The van der Waals surface area contributed by atoms with Crippen molar-refractivity contribution in [3.63, 3.8) is 0 Å². The molecule has 0 spiro atoms. The molecule has 0 aliphatic heterocycles. The van der Waals surface area contributed by atoms with E-state index >= 15 is 0 Å². The van der Waals surface area contributed by atoms with Crippen LogP contribution >= 0.6 is 0 Å². The van der Waals surface area contributed by atoms with Crippen molar-refractivity contribution in [3.8, 4) is 5.75 Å². The molecule has 0 fully saturated rings. The zero-order valence-corrected chi connectivity index (χ0v) is 9.96. The van der Waals surface area contributed by atoms with Gasteiger partial charge in [0.2, 0.25) is 0 Å². The minimum Gasteiger partial charge on any atom is -0.507 e. The Morgan fingerprint density at radius 3 is 2.00 bits per heavy atom. The summed E-state index contributed by atoms with van der Waals surface area (Å²) < 4.78 is 0. The van der Waals surface area contributed by atoms with Crippen LogP contribution in [0.1, 0.15) is 38.8 Å². The third kappa shape index (κ3) is 5.41. The summed E-state index contributed by atoms with van der Waals surface area (Å²) in [5, 5.41) is 9.22. The number of rotatable bonds is 1. The Bertz CT molecular complexity index is 251. The zero-order chi connectivity index (χ0) is 11.6. The van der Waals surface area contributed by atoms with E-state index in [2.05, 4.69) is 6.58 Å². The van der Waals surface area contributed by atoms with Gasteiger partial charge in [0, 0.05) is 5.56 Å². The molecule has 0 aliphatic carbocycles. The molecular weight excluding hydrogens is 172 g/mol. The van der Waals surface area contributed by atoms with E-state index in [1.54, 1.807) is 12.1 Å². The van der Waals surface area contributed by atoms with Crippen LogP contribution < -0.4 is 0 Å². The van der Waals surface area contributed by atoms with Crippen molar-refractivity contribution < 1.29 is 5.11 Å². The van der Waals surface area contributed by atoms with Crippen LogP contribution in [-0.4, -0.2) is 5.11 Å². The van der Waals surface area contributed by atoms with E-state index in [1.807, 2.05) is 46.8 Å². The Balaban J connectivity index is 0. The Morgan fingerprint density at radius 2 is 1.64 bits per heavy atom. The molecule has 0 aliphatic rings. The number of aromatic hydroxyl groups is 1. The summed E-state index contributed by atoms with van der Waals surface area (Å²) in [6, 6.07) is 5.51. The summed E-state index contributed by atoms with van der Waals surface area (Å²) in [5.41, 5.74) is 1.84. The molecule has 1 rings (SSSR count). The molecule has 1 heteroatoms. The second-order valence-electron chi connectivity index (χ2n) is 2.27. The Hall–Kier alpha value is -1.24. The van der Waals surface area contributed by atoms with Gasteiger partial charge in [0.1, 0.15) is 5.75 Å². The largest absolute Gasteiger partial charge is 0.507 e. The van der Waals surface area contributed by atoms with Crippen molar-refractivity contribution in [2.75, 3.05) is 0 Å². The van der Waals surface area contributed by atoms with Gasteiger partial charge >= 0.3 is 0 Å². The zero-order valence-electron chi connectivity index (χ0n) is 9.96. The summed E-state index contributed by atoms with van der Waals surface area (Å²) in [7, 11) is 0. The molecule has 1 nitrogen and oxygen atoms in total. The summed E-state index contributed by atoms with van der Waals surface area (Å²) in [6.07, 6.45) is 1.63. The van der Waals surface area contributed by atoms with E-state index < -0.39 is 0 Å².